The maximum absolute atomic E-state index is 10.4. The van der Waals surface area contributed by atoms with Crippen molar-refractivity contribution in [3.63, 3.8) is 0 Å². The van der Waals surface area contributed by atoms with Gasteiger partial charge in [0.25, 0.3) is 0 Å². The number of phenols is 2. The number of allylic oxidation sites excluding steroid dienone is 4. The van der Waals surface area contributed by atoms with E-state index in [1.165, 1.54) is 23.3 Å². The predicted molar refractivity (Wildman–Crippen MR) is 122 cm³/mol. The third-order valence-electron chi connectivity index (χ3n) is 6.00. The summed E-state index contributed by atoms with van der Waals surface area (Å²) >= 11 is 0. The fraction of sp³-hybridized carbons (Fsp3) is 0.269. The lowest BCUT2D eigenvalue weighted by Gasteiger charge is -2.37. The summed E-state index contributed by atoms with van der Waals surface area (Å²) < 4.78 is 5.87. The van der Waals surface area contributed by atoms with Gasteiger partial charge in [-0.2, -0.15) is 9.97 Å². The van der Waals surface area contributed by atoms with E-state index in [4.69, 9.17) is 14.7 Å². The fourth-order valence-corrected chi connectivity index (χ4v) is 4.63. The van der Waals surface area contributed by atoms with Crippen LogP contribution < -0.4 is 4.74 Å². The summed E-state index contributed by atoms with van der Waals surface area (Å²) in [7, 11) is 0. The lowest BCUT2D eigenvalue weighted by atomic mass is 9.67. The van der Waals surface area contributed by atoms with Crippen molar-refractivity contribution >= 4 is 0 Å². The number of hydrogen-bond acceptors (Lipinski definition) is 6. The molecular weight excluding hydrogens is 402 g/mol. The van der Waals surface area contributed by atoms with E-state index in [1.54, 1.807) is 6.07 Å². The van der Waals surface area contributed by atoms with Gasteiger partial charge in [0, 0.05) is 6.07 Å². The number of hydrogen-bond donors (Lipinski definition) is 2. The maximum atomic E-state index is 10.4. The van der Waals surface area contributed by atoms with Gasteiger partial charge in [-0.25, -0.2) is 4.98 Å². The number of aromatic nitrogens is 3. The summed E-state index contributed by atoms with van der Waals surface area (Å²) in [5, 5.41) is 20.1. The fourth-order valence-electron chi connectivity index (χ4n) is 4.63. The van der Waals surface area contributed by atoms with Crippen molar-refractivity contribution in [1.82, 2.24) is 15.0 Å². The molecule has 32 heavy (non-hydrogen) atoms. The van der Waals surface area contributed by atoms with Gasteiger partial charge in [0.05, 0.1) is 17.6 Å². The second-order valence-corrected chi connectivity index (χ2v) is 8.56. The zero-order valence-electron chi connectivity index (χ0n) is 18.0. The minimum absolute atomic E-state index is 0.0256. The summed E-state index contributed by atoms with van der Waals surface area (Å²) in [5.41, 5.74) is 2.91. The Labute approximate surface area is 187 Å². The molecule has 0 amide bonds. The second-order valence-electron chi connectivity index (χ2n) is 8.56. The first kappa shape index (κ1) is 20.2. The molecule has 0 radical (unpaired) electrons. The highest BCUT2D eigenvalue weighted by Gasteiger charge is 2.38. The van der Waals surface area contributed by atoms with E-state index in [0.717, 1.165) is 6.42 Å². The number of nitrogens with zero attached hydrogens (tertiary/aromatic N) is 3. The number of aromatic hydroxyl groups is 2. The quantitative estimate of drug-likeness (QED) is 0.623. The Morgan fingerprint density at radius 1 is 0.969 bits per heavy atom. The number of benzene rings is 2. The Morgan fingerprint density at radius 3 is 2.59 bits per heavy atom. The van der Waals surface area contributed by atoms with Gasteiger partial charge in [-0.05, 0) is 55.4 Å². The van der Waals surface area contributed by atoms with Gasteiger partial charge in [0.15, 0.2) is 5.82 Å². The zero-order valence-corrected chi connectivity index (χ0v) is 18.0. The third-order valence-corrected chi connectivity index (χ3v) is 6.00. The minimum atomic E-state index is -0.115. The van der Waals surface area contributed by atoms with Gasteiger partial charge in [-0.1, -0.05) is 48.6 Å². The molecule has 0 saturated carbocycles. The minimum Gasteiger partial charge on any atom is -0.508 e. The first-order valence-corrected chi connectivity index (χ1v) is 10.9. The first-order chi connectivity index (χ1) is 15.5. The Morgan fingerprint density at radius 2 is 1.78 bits per heavy atom. The van der Waals surface area contributed by atoms with E-state index in [0.29, 0.717) is 23.1 Å². The summed E-state index contributed by atoms with van der Waals surface area (Å²) in [5.74, 6) is 1.31. The van der Waals surface area contributed by atoms with Gasteiger partial charge >= 0.3 is 6.01 Å². The molecule has 0 fully saturated rings. The smallest absolute Gasteiger partial charge is 0.320 e. The molecular formula is C26H25N3O3. The van der Waals surface area contributed by atoms with Crippen LogP contribution in [0.15, 0.2) is 66.8 Å². The van der Waals surface area contributed by atoms with Crippen LogP contribution in [0.4, 0.5) is 0 Å². The maximum Gasteiger partial charge on any atom is 0.320 e. The van der Waals surface area contributed by atoms with Gasteiger partial charge in [0.2, 0.25) is 0 Å². The van der Waals surface area contributed by atoms with E-state index in [-0.39, 0.29) is 35.4 Å². The molecule has 3 unspecified atom stereocenters. The van der Waals surface area contributed by atoms with E-state index in [2.05, 4.69) is 47.5 Å². The lowest BCUT2D eigenvalue weighted by Crippen LogP contribution is -2.30. The normalized spacial score (nSPS) is 21.3. The molecule has 2 aliphatic rings. The summed E-state index contributed by atoms with van der Waals surface area (Å²) in [6.07, 6.45) is 9.54. The molecule has 0 spiro atoms. The van der Waals surface area contributed by atoms with Crippen LogP contribution in [-0.2, 0) is 6.42 Å². The molecule has 6 heteroatoms. The molecule has 3 atom stereocenters. The topological polar surface area (TPSA) is 88.4 Å². The number of phenolic OH excluding ortho intramolecular Hbond substituents is 2. The van der Waals surface area contributed by atoms with Crippen LogP contribution in [0.3, 0.4) is 0 Å². The number of ether oxygens (including phenoxy) is 1. The van der Waals surface area contributed by atoms with Gasteiger partial charge in [-0.15, -0.1) is 0 Å². The molecule has 1 heterocycles. The molecule has 5 rings (SSSR count). The van der Waals surface area contributed by atoms with E-state index >= 15 is 0 Å². The number of fused-ring (bicyclic) bond motifs is 2. The number of rotatable bonds is 4. The van der Waals surface area contributed by atoms with E-state index < -0.39 is 0 Å². The molecule has 2 aliphatic carbocycles. The van der Waals surface area contributed by atoms with Gasteiger partial charge < -0.3 is 14.9 Å². The van der Waals surface area contributed by atoms with Crippen LogP contribution in [-0.4, -0.2) is 31.3 Å². The SMILES string of the molecule is CC(C)Oc1nc(-c2ccc(O)cc2O)nc(C2c3ccccc3CC3C=CC=CC32)n1. The molecule has 2 aromatic carbocycles. The van der Waals surface area contributed by atoms with Crippen molar-refractivity contribution in [3.8, 4) is 28.9 Å². The van der Waals surface area contributed by atoms with Crippen LogP contribution in [0.25, 0.3) is 11.4 Å². The van der Waals surface area contributed by atoms with Crippen molar-refractivity contribution < 1.29 is 14.9 Å². The molecule has 162 valence electrons. The summed E-state index contributed by atoms with van der Waals surface area (Å²) in [4.78, 5) is 14.0. The van der Waals surface area contributed by atoms with E-state index in [9.17, 15) is 10.2 Å². The average Bonchev–Trinajstić information content (AvgIpc) is 2.76. The highest BCUT2D eigenvalue weighted by atomic mass is 16.5. The molecule has 0 saturated heterocycles. The Bertz CT molecular complexity index is 1220. The Kier molecular flexibility index (Phi) is 5.13. The zero-order chi connectivity index (χ0) is 22.2. The van der Waals surface area contributed by atoms with Crippen molar-refractivity contribution in [1.29, 1.82) is 0 Å². The van der Waals surface area contributed by atoms with Crippen LogP contribution in [0.5, 0.6) is 17.5 Å². The average molecular weight is 428 g/mol. The van der Waals surface area contributed by atoms with Crippen molar-refractivity contribution in [2.75, 3.05) is 0 Å². The standard InChI is InChI=1S/C26H25N3O3/c1-15(2)32-26-28-24(21-12-11-18(30)14-22(21)31)27-25(29-26)23-19-9-5-3-7-16(19)13-17-8-4-6-10-20(17)23/h3-12,14-16,19,23,30-31H,13H2,1-2H3. The molecule has 6 nitrogen and oxygen atoms in total. The lowest BCUT2D eigenvalue weighted by molar-refractivity contribution is 0.219. The Balaban J connectivity index is 1.69. The van der Waals surface area contributed by atoms with Crippen molar-refractivity contribution in [3.05, 3.63) is 83.7 Å². The van der Waals surface area contributed by atoms with Crippen LogP contribution >= 0.6 is 0 Å². The van der Waals surface area contributed by atoms with Crippen LogP contribution in [0.1, 0.15) is 36.7 Å². The Hall–Kier alpha value is -3.67. The molecule has 3 aromatic rings. The third kappa shape index (κ3) is 3.73. The van der Waals surface area contributed by atoms with Crippen molar-refractivity contribution in [2.24, 2.45) is 11.8 Å². The van der Waals surface area contributed by atoms with Gasteiger partial charge in [-0.3, -0.25) is 0 Å². The molecule has 0 bridgehead atoms. The largest absolute Gasteiger partial charge is 0.508 e. The highest BCUT2D eigenvalue weighted by Crippen LogP contribution is 2.45. The highest BCUT2D eigenvalue weighted by molar-refractivity contribution is 5.65. The van der Waals surface area contributed by atoms with E-state index in [1.807, 2.05) is 19.9 Å². The molecule has 2 N–H and O–H groups in total. The van der Waals surface area contributed by atoms with Crippen LogP contribution in [0, 0.1) is 11.8 Å². The molecule has 0 aliphatic heterocycles. The predicted octanol–water partition coefficient (Wildman–Crippen LogP) is 4.78. The second kappa shape index (κ2) is 8.11. The molecule has 1 aromatic heterocycles. The van der Waals surface area contributed by atoms with Crippen molar-refractivity contribution in [2.45, 2.75) is 32.3 Å². The first-order valence-electron chi connectivity index (χ1n) is 10.9. The summed E-state index contributed by atoms with van der Waals surface area (Å²) in [6.45, 7) is 3.84. The van der Waals surface area contributed by atoms with Crippen LogP contribution in [0.2, 0.25) is 0 Å². The monoisotopic (exact) mass is 427 g/mol. The van der Waals surface area contributed by atoms with Gasteiger partial charge in [0.1, 0.15) is 17.3 Å². The summed E-state index contributed by atoms with van der Waals surface area (Å²) in [6, 6.07) is 13.0.